The molecular weight excluding hydrogens is 356 g/mol. The lowest BCUT2D eigenvalue weighted by Crippen LogP contribution is -2.31. The van der Waals surface area contributed by atoms with Crippen LogP contribution in [0.1, 0.15) is 44.7 Å². The smallest absolute Gasteiger partial charge is 0.150 e. The van der Waals surface area contributed by atoms with Crippen LogP contribution in [0.25, 0.3) is 10.9 Å². The molecule has 1 fully saturated rings. The van der Waals surface area contributed by atoms with Crippen molar-refractivity contribution in [3.8, 4) is 0 Å². The molecule has 1 aliphatic heterocycles. The summed E-state index contributed by atoms with van der Waals surface area (Å²) in [4.78, 5) is 5.98. The van der Waals surface area contributed by atoms with Gasteiger partial charge in [-0.1, -0.05) is 24.6 Å². The average Bonchev–Trinajstić information content (AvgIpc) is 3.25. The van der Waals surface area contributed by atoms with E-state index in [9.17, 15) is 8.42 Å². The number of allylic oxidation sites excluding steroid dienone is 1. The Labute approximate surface area is 163 Å². The molecule has 2 aromatic rings. The number of benzene rings is 1. The number of sulfone groups is 1. The van der Waals surface area contributed by atoms with E-state index in [1.807, 2.05) is 6.07 Å². The van der Waals surface area contributed by atoms with Crippen LogP contribution in [0.15, 0.2) is 36.0 Å². The number of aryl methyl sites for hydroxylation is 1. The van der Waals surface area contributed by atoms with Crippen molar-refractivity contribution < 1.29 is 8.42 Å². The van der Waals surface area contributed by atoms with Gasteiger partial charge in [-0.3, -0.25) is 4.90 Å². The Bertz CT molecular complexity index is 908. The normalized spacial score (nSPS) is 18.3. The third-order valence-electron chi connectivity index (χ3n) is 5.66. The van der Waals surface area contributed by atoms with E-state index in [4.69, 9.17) is 0 Å². The Morgan fingerprint density at radius 1 is 1.33 bits per heavy atom. The van der Waals surface area contributed by atoms with Crippen molar-refractivity contribution >= 4 is 20.7 Å². The van der Waals surface area contributed by atoms with Gasteiger partial charge in [0.1, 0.15) is 9.84 Å². The second kappa shape index (κ2) is 8.61. The van der Waals surface area contributed by atoms with Gasteiger partial charge in [0.05, 0.1) is 5.75 Å². The Hall–Kier alpha value is -1.59. The molecule has 3 rings (SSSR count). The zero-order valence-corrected chi connectivity index (χ0v) is 17.6. The van der Waals surface area contributed by atoms with E-state index >= 15 is 0 Å². The number of fused-ring (bicyclic) bond motifs is 1. The number of hydrogen-bond acceptors (Lipinski definition) is 3. The fourth-order valence-electron chi connectivity index (χ4n) is 3.89. The van der Waals surface area contributed by atoms with Crippen molar-refractivity contribution in [2.75, 3.05) is 24.6 Å². The molecule has 1 atom stereocenters. The quantitative estimate of drug-likeness (QED) is 0.692. The molecule has 0 saturated carbocycles. The fourth-order valence-corrected chi connectivity index (χ4v) is 4.72. The number of nitrogens with one attached hydrogen (secondary N) is 1. The van der Waals surface area contributed by atoms with E-state index < -0.39 is 9.84 Å². The van der Waals surface area contributed by atoms with E-state index in [1.54, 1.807) is 6.92 Å². The third kappa shape index (κ3) is 5.23. The molecule has 1 aliphatic rings. The molecule has 2 heterocycles. The van der Waals surface area contributed by atoms with Crippen LogP contribution < -0.4 is 0 Å². The van der Waals surface area contributed by atoms with Gasteiger partial charge in [0.25, 0.3) is 0 Å². The van der Waals surface area contributed by atoms with Crippen LogP contribution in [0, 0.1) is 0 Å². The summed E-state index contributed by atoms with van der Waals surface area (Å²) in [5.74, 6) is 0.446. The highest BCUT2D eigenvalue weighted by molar-refractivity contribution is 7.91. The minimum absolute atomic E-state index is 0.216. The van der Waals surface area contributed by atoms with Gasteiger partial charge in [-0.05, 0) is 69.3 Å². The van der Waals surface area contributed by atoms with E-state index in [2.05, 4.69) is 48.1 Å². The van der Waals surface area contributed by atoms with Crippen molar-refractivity contribution in [3.63, 3.8) is 0 Å². The first kappa shape index (κ1) is 20.2. The van der Waals surface area contributed by atoms with E-state index in [0.29, 0.717) is 12.5 Å². The molecule has 5 heteroatoms. The van der Waals surface area contributed by atoms with Gasteiger partial charge in [-0.15, -0.1) is 0 Å². The van der Waals surface area contributed by atoms with Crippen LogP contribution in [-0.4, -0.2) is 48.9 Å². The Kier molecular flexibility index (Phi) is 6.43. The van der Waals surface area contributed by atoms with E-state index in [1.165, 1.54) is 35.9 Å². The van der Waals surface area contributed by atoms with Gasteiger partial charge in [0, 0.05) is 35.4 Å². The molecule has 0 amide bonds. The van der Waals surface area contributed by atoms with Crippen molar-refractivity contribution in [2.45, 2.75) is 52.5 Å². The number of aromatic nitrogens is 1. The molecule has 4 nitrogen and oxygen atoms in total. The molecule has 148 valence electrons. The summed E-state index contributed by atoms with van der Waals surface area (Å²) in [5, 5.41) is 1.25. The van der Waals surface area contributed by atoms with Crippen molar-refractivity contribution in [1.82, 2.24) is 9.88 Å². The zero-order chi connectivity index (χ0) is 19.4. The lowest BCUT2D eigenvalue weighted by atomic mass is 10.0. The van der Waals surface area contributed by atoms with Crippen molar-refractivity contribution in [2.24, 2.45) is 0 Å². The number of aromatic amines is 1. The van der Waals surface area contributed by atoms with Gasteiger partial charge in [-0.25, -0.2) is 8.42 Å². The molecule has 1 aromatic carbocycles. The predicted molar refractivity (Wildman–Crippen MR) is 114 cm³/mol. The molecule has 0 aliphatic carbocycles. The van der Waals surface area contributed by atoms with Gasteiger partial charge in [0.2, 0.25) is 0 Å². The molecule has 0 bridgehead atoms. The monoisotopic (exact) mass is 388 g/mol. The average molecular weight is 389 g/mol. The summed E-state index contributed by atoms with van der Waals surface area (Å²) in [7, 11) is -2.93. The number of likely N-dealkylation sites (tertiary alicyclic amines) is 1. The van der Waals surface area contributed by atoms with Gasteiger partial charge in [0.15, 0.2) is 0 Å². The molecular formula is C22H32N2O2S. The van der Waals surface area contributed by atoms with Crippen molar-refractivity contribution in [3.05, 3.63) is 47.2 Å². The first-order chi connectivity index (χ1) is 12.9. The van der Waals surface area contributed by atoms with Crippen molar-refractivity contribution in [1.29, 1.82) is 0 Å². The van der Waals surface area contributed by atoms with Gasteiger partial charge in [-0.2, -0.15) is 0 Å². The molecule has 27 heavy (non-hydrogen) atoms. The van der Waals surface area contributed by atoms with Crippen LogP contribution in [0.4, 0.5) is 0 Å². The molecule has 1 aromatic heterocycles. The van der Waals surface area contributed by atoms with E-state index in [0.717, 1.165) is 24.0 Å². The maximum atomic E-state index is 11.8. The SMILES string of the molecule is CCS(=O)(=O)CCc1ccc2[nH]cc(CC3CCCN3CC=C(C)C)c2c1. The number of nitrogens with zero attached hydrogens (tertiary/aromatic N) is 1. The van der Waals surface area contributed by atoms with Crippen LogP contribution in [0.2, 0.25) is 0 Å². The zero-order valence-electron chi connectivity index (χ0n) is 16.8. The highest BCUT2D eigenvalue weighted by Crippen LogP contribution is 2.26. The number of rotatable bonds is 8. The molecule has 1 saturated heterocycles. The first-order valence-corrected chi connectivity index (χ1v) is 11.9. The summed E-state index contributed by atoms with van der Waals surface area (Å²) in [6.45, 7) is 8.24. The largest absolute Gasteiger partial charge is 0.361 e. The Balaban J connectivity index is 1.75. The Morgan fingerprint density at radius 2 is 2.15 bits per heavy atom. The van der Waals surface area contributed by atoms with Crippen LogP contribution in [0.5, 0.6) is 0 Å². The molecule has 0 radical (unpaired) electrons. The summed E-state index contributed by atoms with van der Waals surface area (Å²) < 4.78 is 23.6. The topological polar surface area (TPSA) is 53.2 Å². The highest BCUT2D eigenvalue weighted by Gasteiger charge is 2.24. The standard InChI is InChI=1S/C22H32N2O2S/c1-4-27(25,26)13-10-18-7-8-22-21(14-18)19(16-23-22)15-20-6-5-11-24(20)12-9-17(2)3/h7-9,14,16,20,23H,4-6,10-13,15H2,1-3H3. The summed E-state index contributed by atoms with van der Waals surface area (Å²) in [5.41, 5.74) is 4.97. The fraction of sp³-hybridized carbons (Fsp3) is 0.545. The van der Waals surface area contributed by atoms with Crippen LogP contribution >= 0.6 is 0 Å². The molecule has 1 unspecified atom stereocenters. The maximum Gasteiger partial charge on any atom is 0.150 e. The maximum absolute atomic E-state index is 11.8. The minimum atomic E-state index is -2.93. The lowest BCUT2D eigenvalue weighted by Gasteiger charge is -2.23. The highest BCUT2D eigenvalue weighted by atomic mass is 32.2. The van der Waals surface area contributed by atoms with Crippen LogP contribution in [0.3, 0.4) is 0 Å². The first-order valence-electron chi connectivity index (χ1n) is 10.0. The van der Waals surface area contributed by atoms with Crippen LogP contribution in [-0.2, 0) is 22.7 Å². The Morgan fingerprint density at radius 3 is 2.89 bits per heavy atom. The number of hydrogen-bond donors (Lipinski definition) is 1. The summed E-state index contributed by atoms with van der Waals surface area (Å²) in [6.07, 6.45) is 8.61. The van der Waals surface area contributed by atoms with Gasteiger partial charge >= 0.3 is 0 Å². The van der Waals surface area contributed by atoms with E-state index in [-0.39, 0.29) is 11.5 Å². The van der Waals surface area contributed by atoms with Gasteiger partial charge < -0.3 is 4.98 Å². The number of H-pyrrole nitrogens is 1. The third-order valence-corrected chi connectivity index (χ3v) is 7.37. The lowest BCUT2D eigenvalue weighted by molar-refractivity contribution is 0.279. The summed E-state index contributed by atoms with van der Waals surface area (Å²) in [6, 6.07) is 6.90. The predicted octanol–water partition coefficient (Wildman–Crippen LogP) is 4.12. The molecule has 0 spiro atoms. The summed E-state index contributed by atoms with van der Waals surface area (Å²) >= 11 is 0. The second-order valence-corrected chi connectivity index (χ2v) is 10.4. The second-order valence-electron chi connectivity index (χ2n) is 7.96. The molecule has 1 N–H and O–H groups in total. The minimum Gasteiger partial charge on any atom is -0.361 e.